The maximum atomic E-state index is 6.08. The van der Waals surface area contributed by atoms with Gasteiger partial charge in [0.05, 0.1) is 0 Å². The van der Waals surface area contributed by atoms with Crippen LogP contribution >= 0.6 is 0 Å². The minimum atomic E-state index is 2.04. The number of hydrogen-bond donors (Lipinski definition) is 0. The summed E-state index contributed by atoms with van der Waals surface area (Å²) in [7, 11) is 0. The predicted octanol–water partition coefficient (Wildman–Crippen LogP) is 0.554. The Morgan fingerprint density at radius 2 is 2.50 bits per heavy atom. The Morgan fingerprint density at radius 1 is 1.83 bits per heavy atom. The second kappa shape index (κ2) is 4.51. The van der Waals surface area contributed by atoms with Gasteiger partial charge in [-0.2, -0.15) is 0 Å². The number of nitrogens with zero attached hydrogens (tertiary/aromatic N) is 2. The predicted molar refractivity (Wildman–Crippen MR) is 16.8 cm³/mol. The van der Waals surface area contributed by atoms with Crippen molar-refractivity contribution in [2.45, 2.75) is 0 Å². The van der Waals surface area contributed by atoms with Gasteiger partial charge in [-0.25, -0.2) is 0 Å². The van der Waals surface area contributed by atoms with E-state index in [1.165, 1.54) is 0 Å². The Balaban J connectivity index is 3.50. The van der Waals surface area contributed by atoms with Gasteiger partial charge in [0.25, 0.3) is 0 Å². The fourth-order valence-electron chi connectivity index (χ4n) is 0.0408. The first-order chi connectivity index (χ1) is 2.91. The quantitative estimate of drug-likeness (QED) is 0.287. The first-order valence-electron chi connectivity index (χ1n) is 1.06. The van der Waals surface area contributed by atoms with Gasteiger partial charge in [-0.3, -0.25) is 0 Å². The van der Waals surface area contributed by atoms with E-state index in [2.05, 4.69) is 33.5 Å². The molecule has 0 saturated carbocycles. The molecule has 0 aromatic heterocycles. The van der Waals surface area contributed by atoms with Crippen molar-refractivity contribution in [1.29, 1.82) is 0 Å². The summed E-state index contributed by atoms with van der Waals surface area (Å²) < 4.78 is 3.20. The third-order valence-electron chi connectivity index (χ3n) is 0.141. The zero-order chi connectivity index (χ0) is 4.83. The van der Waals surface area contributed by atoms with Crippen LogP contribution in [0.25, 0.3) is 4.85 Å². The molecular formula is C3N2Pd. The van der Waals surface area contributed by atoms with E-state index >= 15 is 0 Å². The van der Waals surface area contributed by atoms with Crippen molar-refractivity contribution in [2.24, 2.45) is 3.57 Å². The normalized spacial score (nSPS) is 4.17. The van der Waals surface area contributed by atoms with E-state index < -0.39 is 0 Å². The van der Waals surface area contributed by atoms with Crippen LogP contribution in [-0.4, -0.2) is 0 Å². The van der Waals surface area contributed by atoms with E-state index in [1.807, 2.05) is 6.04 Å². The van der Waals surface area contributed by atoms with Crippen molar-refractivity contribution in [3.63, 3.8) is 0 Å². The van der Waals surface area contributed by atoms with Crippen LogP contribution in [0.15, 0.2) is 3.57 Å². The van der Waals surface area contributed by atoms with Crippen LogP contribution in [0.3, 0.4) is 0 Å². The molecule has 0 spiro atoms. The minimum absolute atomic E-state index is 2.04. The molecular weight excluding hydrogens is 170 g/mol. The first-order valence-corrected chi connectivity index (χ1v) is 1.76. The van der Waals surface area contributed by atoms with Crippen molar-refractivity contribution in [2.75, 3.05) is 0 Å². The summed E-state index contributed by atoms with van der Waals surface area (Å²) in [6, 6.07) is 4.19. The Labute approximate surface area is 46.6 Å². The standard InChI is InChI=1S/C3N2.Pd/c1-5-3-2-4;. The zero-order valence-electron chi connectivity index (χ0n) is 2.71. The molecule has 0 N–H and O–H groups in total. The van der Waals surface area contributed by atoms with Gasteiger partial charge in [-0.05, 0) is 0 Å². The van der Waals surface area contributed by atoms with E-state index in [-0.39, 0.29) is 0 Å². The average molecular weight is 170 g/mol. The summed E-state index contributed by atoms with van der Waals surface area (Å²) >= 11 is 2.43. The van der Waals surface area contributed by atoms with Crippen LogP contribution in [-0.2, 0) is 19.0 Å². The van der Waals surface area contributed by atoms with Crippen LogP contribution < -0.4 is 0 Å². The van der Waals surface area contributed by atoms with Crippen LogP contribution in [0.5, 0.6) is 0 Å². The van der Waals surface area contributed by atoms with Crippen molar-refractivity contribution in [3.8, 4) is 12.1 Å². The van der Waals surface area contributed by atoms with E-state index in [1.54, 1.807) is 0 Å². The molecule has 0 aromatic carbocycles. The van der Waals surface area contributed by atoms with Gasteiger partial charge in [0.15, 0.2) is 0 Å². The molecule has 0 aliphatic rings. The molecule has 0 aliphatic carbocycles. The van der Waals surface area contributed by atoms with Crippen LogP contribution in [0.4, 0.5) is 0 Å². The Kier molecular flexibility index (Phi) is 4.15. The van der Waals surface area contributed by atoms with Crippen LogP contribution in [0.1, 0.15) is 0 Å². The molecule has 32 valence electrons. The molecule has 0 rings (SSSR count). The van der Waals surface area contributed by atoms with Gasteiger partial charge in [-0.15, -0.1) is 0 Å². The van der Waals surface area contributed by atoms with Gasteiger partial charge in [0.1, 0.15) is 0 Å². The van der Waals surface area contributed by atoms with Gasteiger partial charge < -0.3 is 0 Å². The fourth-order valence-corrected chi connectivity index (χ4v) is 0.119. The second-order valence-corrected chi connectivity index (χ2v) is 0.754. The molecule has 0 radical (unpaired) electrons. The zero-order valence-corrected chi connectivity index (χ0v) is 4.27. The molecule has 0 fully saturated rings. The van der Waals surface area contributed by atoms with Gasteiger partial charge in [0.2, 0.25) is 0 Å². The summed E-state index contributed by atoms with van der Waals surface area (Å²) in [5.74, 6) is 0. The third-order valence-corrected chi connectivity index (χ3v) is 0.315. The first kappa shape index (κ1) is 5.51. The van der Waals surface area contributed by atoms with Gasteiger partial charge in [0, 0.05) is 0 Å². The molecule has 2 nitrogen and oxygen atoms in total. The molecule has 0 unspecified atom stereocenters. The molecule has 0 heterocycles. The number of hydrogen-bond acceptors (Lipinski definition) is 1. The van der Waals surface area contributed by atoms with Crippen molar-refractivity contribution in [3.05, 3.63) is 11.4 Å². The third kappa shape index (κ3) is 3.51. The number of rotatable bonds is 0. The van der Waals surface area contributed by atoms with E-state index in [9.17, 15) is 0 Å². The van der Waals surface area contributed by atoms with Crippen molar-refractivity contribution >= 4 is 0 Å². The summed E-state index contributed by atoms with van der Waals surface area (Å²) in [6.07, 6.45) is 0. The average Bonchev–Trinajstić information content (AvgIpc) is 1.61. The molecule has 0 saturated heterocycles. The molecule has 6 heavy (non-hydrogen) atoms. The maximum absolute atomic E-state index is 6.08. The van der Waals surface area contributed by atoms with Crippen LogP contribution in [0.2, 0.25) is 0 Å². The monoisotopic (exact) mass is 170 g/mol. The fraction of sp³-hybridized carbons (Fsp3) is 0. The van der Waals surface area contributed by atoms with E-state index in [0.29, 0.717) is 0 Å². The molecule has 0 bridgehead atoms. The Hall–Kier alpha value is -0.488. The molecule has 0 amide bonds. The molecule has 3 heteroatoms. The molecule has 0 atom stereocenters. The second-order valence-electron chi connectivity index (χ2n) is 0.406. The van der Waals surface area contributed by atoms with Gasteiger partial charge in [-0.1, -0.05) is 0 Å². The SMILES string of the molecule is [C-]#[N+]C#C[N]=[Pd]. The summed E-state index contributed by atoms with van der Waals surface area (Å²) in [6.45, 7) is 6.08. The summed E-state index contributed by atoms with van der Waals surface area (Å²) in [5, 5.41) is 0. The summed E-state index contributed by atoms with van der Waals surface area (Å²) in [4.78, 5) is 2.70. The van der Waals surface area contributed by atoms with Crippen molar-refractivity contribution < 1.29 is 19.0 Å². The Bertz CT molecular complexity index is 133. The van der Waals surface area contributed by atoms with Crippen LogP contribution in [0, 0.1) is 18.7 Å². The van der Waals surface area contributed by atoms with E-state index in [0.717, 1.165) is 0 Å². The molecule has 0 aliphatic heterocycles. The summed E-state index contributed by atoms with van der Waals surface area (Å²) in [5.41, 5.74) is 0. The topological polar surface area (TPSA) is 16.7 Å². The Morgan fingerprint density at radius 3 is 2.67 bits per heavy atom. The van der Waals surface area contributed by atoms with Gasteiger partial charge >= 0.3 is 46.1 Å². The van der Waals surface area contributed by atoms with E-state index in [4.69, 9.17) is 6.57 Å². The molecule has 0 aromatic rings. The van der Waals surface area contributed by atoms with Crippen molar-refractivity contribution in [1.82, 2.24) is 0 Å².